The Hall–Kier alpha value is -1.90. The Morgan fingerprint density at radius 2 is 1.88 bits per heavy atom. The number of rotatable bonds is 3. The van der Waals surface area contributed by atoms with E-state index in [1.807, 2.05) is 24.3 Å². The Bertz CT molecular complexity index is 523. The normalized spacial score (nSPS) is 10.3. The highest BCUT2D eigenvalue weighted by molar-refractivity contribution is 5.33. The molecule has 0 aliphatic rings. The van der Waals surface area contributed by atoms with Crippen LogP contribution < -0.4 is 4.74 Å². The number of ether oxygens (including phenoxy) is 1. The first-order chi connectivity index (χ1) is 8.19. The topological polar surface area (TPSA) is 9.23 Å². The zero-order chi connectivity index (χ0) is 12.3. The van der Waals surface area contributed by atoms with Gasteiger partial charge >= 0.3 is 0 Å². The van der Waals surface area contributed by atoms with E-state index in [0.29, 0.717) is 17.7 Å². The Morgan fingerprint density at radius 3 is 2.65 bits per heavy atom. The van der Waals surface area contributed by atoms with Crippen molar-refractivity contribution in [3.05, 3.63) is 65.2 Å². The second kappa shape index (κ2) is 4.95. The van der Waals surface area contributed by atoms with Gasteiger partial charge in [-0.2, -0.15) is 0 Å². The third-order valence-electron chi connectivity index (χ3n) is 2.54. The van der Waals surface area contributed by atoms with Gasteiger partial charge in [0.05, 0.1) is 7.11 Å². The minimum absolute atomic E-state index is 0.346. The molecular formula is C14H12F2O. The molecule has 0 atom stereocenters. The predicted molar refractivity (Wildman–Crippen MR) is 62.2 cm³/mol. The Balaban J connectivity index is 2.27. The fourth-order valence-corrected chi connectivity index (χ4v) is 1.68. The summed E-state index contributed by atoms with van der Waals surface area (Å²) in [6.45, 7) is 0. The maximum atomic E-state index is 13.4. The lowest BCUT2D eigenvalue weighted by Gasteiger charge is -2.06. The van der Waals surface area contributed by atoms with Crippen LogP contribution in [0.5, 0.6) is 5.75 Å². The largest absolute Gasteiger partial charge is 0.497 e. The molecule has 0 N–H and O–H groups in total. The summed E-state index contributed by atoms with van der Waals surface area (Å²) in [6.07, 6.45) is 0.348. The van der Waals surface area contributed by atoms with Crippen LogP contribution in [0.4, 0.5) is 8.78 Å². The van der Waals surface area contributed by atoms with Gasteiger partial charge in [0.1, 0.15) is 17.4 Å². The Kier molecular flexibility index (Phi) is 3.38. The van der Waals surface area contributed by atoms with Crippen molar-refractivity contribution in [3.8, 4) is 5.75 Å². The van der Waals surface area contributed by atoms with Crippen LogP contribution in [0.25, 0.3) is 0 Å². The molecule has 0 heterocycles. The molecule has 0 aromatic heterocycles. The minimum atomic E-state index is -0.427. The van der Waals surface area contributed by atoms with Crippen LogP contribution in [0.15, 0.2) is 42.5 Å². The Morgan fingerprint density at radius 1 is 1.06 bits per heavy atom. The van der Waals surface area contributed by atoms with Gasteiger partial charge in [0, 0.05) is 6.42 Å². The van der Waals surface area contributed by atoms with Crippen LogP contribution in [0.1, 0.15) is 11.1 Å². The lowest BCUT2D eigenvalue weighted by molar-refractivity contribution is 0.414. The van der Waals surface area contributed by atoms with Gasteiger partial charge in [-0.05, 0) is 41.5 Å². The molecule has 17 heavy (non-hydrogen) atoms. The molecule has 0 amide bonds. The molecule has 2 rings (SSSR count). The smallest absolute Gasteiger partial charge is 0.126 e. The molecule has 88 valence electrons. The molecule has 0 aliphatic heterocycles. The van der Waals surface area contributed by atoms with E-state index in [9.17, 15) is 8.78 Å². The SMILES string of the molecule is COc1cccc(Cc2cc(F)ccc2F)c1. The van der Waals surface area contributed by atoms with Gasteiger partial charge < -0.3 is 4.74 Å². The molecule has 0 aliphatic carbocycles. The third-order valence-corrected chi connectivity index (χ3v) is 2.54. The van der Waals surface area contributed by atoms with Gasteiger partial charge in [-0.3, -0.25) is 0 Å². The summed E-state index contributed by atoms with van der Waals surface area (Å²) in [5, 5.41) is 0. The van der Waals surface area contributed by atoms with E-state index in [4.69, 9.17) is 4.74 Å². The van der Waals surface area contributed by atoms with Crippen molar-refractivity contribution in [1.82, 2.24) is 0 Å². The van der Waals surface area contributed by atoms with Crippen molar-refractivity contribution in [1.29, 1.82) is 0 Å². The van der Waals surface area contributed by atoms with Crippen molar-refractivity contribution >= 4 is 0 Å². The van der Waals surface area contributed by atoms with Crippen LogP contribution in [0, 0.1) is 11.6 Å². The van der Waals surface area contributed by atoms with Crippen molar-refractivity contribution in [2.45, 2.75) is 6.42 Å². The van der Waals surface area contributed by atoms with Gasteiger partial charge in [-0.1, -0.05) is 12.1 Å². The zero-order valence-electron chi connectivity index (χ0n) is 9.41. The summed E-state index contributed by atoms with van der Waals surface area (Å²) in [5.41, 5.74) is 1.23. The molecule has 0 spiro atoms. The fourth-order valence-electron chi connectivity index (χ4n) is 1.68. The van der Waals surface area contributed by atoms with Crippen LogP contribution in [-0.4, -0.2) is 7.11 Å². The monoisotopic (exact) mass is 234 g/mol. The number of hydrogen-bond acceptors (Lipinski definition) is 1. The van der Waals surface area contributed by atoms with E-state index >= 15 is 0 Å². The van der Waals surface area contributed by atoms with E-state index < -0.39 is 11.6 Å². The maximum absolute atomic E-state index is 13.4. The molecule has 0 radical (unpaired) electrons. The van der Waals surface area contributed by atoms with Gasteiger partial charge in [-0.15, -0.1) is 0 Å². The molecule has 0 saturated carbocycles. The molecule has 0 unspecified atom stereocenters. The first kappa shape index (κ1) is 11.6. The summed E-state index contributed by atoms with van der Waals surface area (Å²) >= 11 is 0. The van der Waals surface area contributed by atoms with Crippen LogP contribution in [-0.2, 0) is 6.42 Å². The average molecular weight is 234 g/mol. The van der Waals surface area contributed by atoms with Gasteiger partial charge in [0.25, 0.3) is 0 Å². The second-order valence-corrected chi connectivity index (χ2v) is 3.76. The first-order valence-corrected chi connectivity index (χ1v) is 5.26. The maximum Gasteiger partial charge on any atom is 0.126 e. The van der Waals surface area contributed by atoms with Crippen molar-refractivity contribution in [2.75, 3.05) is 7.11 Å². The molecular weight excluding hydrogens is 222 g/mol. The molecule has 1 nitrogen and oxygen atoms in total. The molecule has 3 heteroatoms. The van der Waals surface area contributed by atoms with Crippen LogP contribution >= 0.6 is 0 Å². The standard InChI is InChI=1S/C14H12F2O/c1-17-13-4-2-3-10(8-13)7-11-9-12(15)5-6-14(11)16/h2-6,8-9H,7H2,1H3. The van der Waals surface area contributed by atoms with E-state index in [1.54, 1.807) is 7.11 Å². The molecule has 2 aromatic carbocycles. The van der Waals surface area contributed by atoms with Gasteiger partial charge in [0.2, 0.25) is 0 Å². The summed E-state index contributed by atoms with van der Waals surface area (Å²) in [7, 11) is 1.57. The summed E-state index contributed by atoms with van der Waals surface area (Å²) < 4.78 is 31.5. The fraction of sp³-hybridized carbons (Fsp3) is 0.143. The number of methoxy groups -OCH3 is 1. The summed E-state index contributed by atoms with van der Waals surface area (Å²) in [5.74, 6) is -0.113. The molecule has 2 aromatic rings. The van der Waals surface area contributed by atoms with Crippen LogP contribution in [0.3, 0.4) is 0 Å². The predicted octanol–water partition coefficient (Wildman–Crippen LogP) is 3.56. The van der Waals surface area contributed by atoms with Gasteiger partial charge in [-0.25, -0.2) is 8.78 Å². The third kappa shape index (κ3) is 2.81. The summed E-state index contributed by atoms with van der Waals surface area (Å²) in [6, 6.07) is 10.8. The highest BCUT2D eigenvalue weighted by atomic mass is 19.1. The molecule has 0 fully saturated rings. The minimum Gasteiger partial charge on any atom is -0.497 e. The van der Waals surface area contributed by atoms with E-state index in [0.717, 1.165) is 17.7 Å². The highest BCUT2D eigenvalue weighted by Gasteiger charge is 2.05. The number of halogens is 2. The van der Waals surface area contributed by atoms with E-state index in [1.165, 1.54) is 6.07 Å². The lowest BCUT2D eigenvalue weighted by atomic mass is 10.0. The quantitative estimate of drug-likeness (QED) is 0.789. The van der Waals surface area contributed by atoms with Gasteiger partial charge in [0.15, 0.2) is 0 Å². The van der Waals surface area contributed by atoms with E-state index in [-0.39, 0.29) is 0 Å². The highest BCUT2D eigenvalue weighted by Crippen LogP contribution is 2.18. The molecule has 0 saturated heterocycles. The number of benzene rings is 2. The average Bonchev–Trinajstić information content (AvgIpc) is 2.34. The summed E-state index contributed by atoms with van der Waals surface area (Å²) in [4.78, 5) is 0. The number of hydrogen-bond donors (Lipinski definition) is 0. The van der Waals surface area contributed by atoms with Crippen molar-refractivity contribution < 1.29 is 13.5 Å². The van der Waals surface area contributed by atoms with Crippen molar-refractivity contribution in [3.63, 3.8) is 0 Å². The second-order valence-electron chi connectivity index (χ2n) is 3.76. The lowest BCUT2D eigenvalue weighted by Crippen LogP contribution is -1.94. The first-order valence-electron chi connectivity index (χ1n) is 5.26. The molecule has 0 bridgehead atoms. The Labute approximate surface area is 98.7 Å². The van der Waals surface area contributed by atoms with Crippen LogP contribution in [0.2, 0.25) is 0 Å². The van der Waals surface area contributed by atoms with E-state index in [2.05, 4.69) is 0 Å². The zero-order valence-corrected chi connectivity index (χ0v) is 9.41. The van der Waals surface area contributed by atoms with Crippen molar-refractivity contribution in [2.24, 2.45) is 0 Å².